The molecule has 1 aromatic carbocycles. The van der Waals surface area contributed by atoms with E-state index in [-0.39, 0.29) is 5.97 Å². The van der Waals surface area contributed by atoms with Gasteiger partial charge >= 0.3 is 5.97 Å². The molecule has 0 aliphatic carbocycles. The van der Waals surface area contributed by atoms with Crippen molar-refractivity contribution < 1.29 is 9.53 Å². The van der Waals surface area contributed by atoms with E-state index >= 15 is 0 Å². The fourth-order valence-corrected chi connectivity index (χ4v) is 2.57. The number of hydrogen-bond acceptors (Lipinski definition) is 4. The Bertz CT molecular complexity index is 609. The van der Waals surface area contributed by atoms with Crippen LogP contribution in [-0.4, -0.2) is 18.1 Å². The zero-order valence-corrected chi connectivity index (χ0v) is 12.0. The molecule has 0 radical (unpaired) electrons. The van der Waals surface area contributed by atoms with Crippen LogP contribution in [0.3, 0.4) is 0 Å². The SMILES string of the molecule is COC(=O)c1cnc(/C=C/c2cc(C)cc(C)c2)s1. The van der Waals surface area contributed by atoms with Gasteiger partial charge in [0.15, 0.2) is 0 Å². The molecule has 0 aliphatic rings. The van der Waals surface area contributed by atoms with Crippen molar-refractivity contribution in [1.29, 1.82) is 0 Å². The number of hydrogen-bond donors (Lipinski definition) is 0. The minimum absolute atomic E-state index is 0.344. The Morgan fingerprint density at radius 2 is 1.89 bits per heavy atom. The molecule has 98 valence electrons. The molecular weight excluding hydrogens is 258 g/mol. The van der Waals surface area contributed by atoms with Gasteiger partial charge in [0.25, 0.3) is 0 Å². The summed E-state index contributed by atoms with van der Waals surface area (Å²) in [6, 6.07) is 6.35. The van der Waals surface area contributed by atoms with E-state index in [4.69, 9.17) is 0 Å². The summed E-state index contributed by atoms with van der Waals surface area (Å²) in [6.45, 7) is 4.15. The molecule has 19 heavy (non-hydrogen) atoms. The highest BCUT2D eigenvalue weighted by atomic mass is 32.1. The van der Waals surface area contributed by atoms with E-state index < -0.39 is 0 Å². The molecule has 1 heterocycles. The predicted octanol–water partition coefficient (Wildman–Crippen LogP) is 3.72. The summed E-state index contributed by atoms with van der Waals surface area (Å²) in [6.07, 6.45) is 5.45. The number of ether oxygens (including phenoxy) is 1. The van der Waals surface area contributed by atoms with Gasteiger partial charge in [-0.1, -0.05) is 35.4 Å². The van der Waals surface area contributed by atoms with Crippen LogP contribution < -0.4 is 0 Å². The summed E-state index contributed by atoms with van der Waals surface area (Å²) < 4.78 is 4.65. The summed E-state index contributed by atoms with van der Waals surface area (Å²) >= 11 is 1.32. The van der Waals surface area contributed by atoms with Gasteiger partial charge in [-0.3, -0.25) is 0 Å². The molecule has 0 aliphatic heterocycles. The highest BCUT2D eigenvalue weighted by molar-refractivity contribution is 7.14. The van der Waals surface area contributed by atoms with Crippen molar-refractivity contribution in [3.05, 3.63) is 51.0 Å². The van der Waals surface area contributed by atoms with Gasteiger partial charge in [-0.05, 0) is 25.5 Å². The molecule has 0 fully saturated rings. The van der Waals surface area contributed by atoms with Crippen molar-refractivity contribution in [3.8, 4) is 0 Å². The Hall–Kier alpha value is -1.94. The van der Waals surface area contributed by atoms with E-state index in [9.17, 15) is 4.79 Å². The second kappa shape index (κ2) is 5.80. The average Bonchev–Trinajstić information content (AvgIpc) is 2.83. The average molecular weight is 273 g/mol. The zero-order valence-electron chi connectivity index (χ0n) is 11.1. The molecule has 0 unspecified atom stereocenters. The summed E-state index contributed by atoms with van der Waals surface area (Å²) in [5, 5.41) is 0.791. The molecule has 0 saturated carbocycles. The molecule has 0 N–H and O–H groups in total. The van der Waals surface area contributed by atoms with Crippen LogP contribution in [0.5, 0.6) is 0 Å². The Morgan fingerprint density at radius 3 is 2.53 bits per heavy atom. The summed E-state index contributed by atoms with van der Waals surface area (Å²) in [4.78, 5) is 16.0. The Morgan fingerprint density at radius 1 is 1.21 bits per heavy atom. The number of carbonyl (C=O) groups is 1. The molecule has 0 spiro atoms. The maximum atomic E-state index is 11.3. The van der Waals surface area contributed by atoms with Crippen LogP contribution in [0.15, 0.2) is 24.4 Å². The normalized spacial score (nSPS) is 10.9. The molecule has 0 amide bonds. The van der Waals surface area contributed by atoms with E-state index in [0.29, 0.717) is 4.88 Å². The van der Waals surface area contributed by atoms with Crippen molar-refractivity contribution in [3.63, 3.8) is 0 Å². The molecule has 2 aromatic rings. The van der Waals surface area contributed by atoms with Crippen LogP contribution in [0.4, 0.5) is 0 Å². The van der Waals surface area contributed by atoms with Crippen molar-refractivity contribution >= 4 is 29.5 Å². The number of carbonyl (C=O) groups excluding carboxylic acids is 1. The van der Waals surface area contributed by atoms with Gasteiger partial charge in [-0.2, -0.15) is 0 Å². The largest absolute Gasteiger partial charge is 0.465 e. The Kier molecular flexibility index (Phi) is 4.12. The van der Waals surface area contributed by atoms with Crippen LogP contribution in [-0.2, 0) is 4.74 Å². The highest BCUT2D eigenvalue weighted by Gasteiger charge is 2.08. The van der Waals surface area contributed by atoms with E-state index in [1.807, 2.05) is 12.2 Å². The van der Waals surface area contributed by atoms with Crippen LogP contribution in [0, 0.1) is 13.8 Å². The monoisotopic (exact) mass is 273 g/mol. The third kappa shape index (κ3) is 3.51. The first kappa shape index (κ1) is 13.5. The number of benzene rings is 1. The number of nitrogens with zero attached hydrogens (tertiary/aromatic N) is 1. The zero-order chi connectivity index (χ0) is 13.8. The van der Waals surface area contributed by atoms with Gasteiger partial charge < -0.3 is 4.74 Å². The number of rotatable bonds is 3. The standard InChI is InChI=1S/C15H15NO2S/c1-10-6-11(2)8-12(7-10)4-5-14-16-9-13(19-14)15(17)18-3/h4-9H,1-3H3/b5-4+. The van der Waals surface area contributed by atoms with Crippen molar-refractivity contribution in [2.45, 2.75) is 13.8 Å². The molecule has 1 aromatic heterocycles. The van der Waals surface area contributed by atoms with Gasteiger partial charge in [0.1, 0.15) is 9.88 Å². The predicted molar refractivity (Wildman–Crippen MR) is 78.3 cm³/mol. The maximum Gasteiger partial charge on any atom is 0.349 e. The summed E-state index contributed by atoms with van der Waals surface area (Å²) in [5.74, 6) is -0.344. The van der Waals surface area contributed by atoms with E-state index in [1.54, 1.807) is 0 Å². The van der Waals surface area contributed by atoms with Gasteiger partial charge in [-0.15, -0.1) is 11.3 Å². The first-order valence-corrected chi connectivity index (χ1v) is 6.70. The second-order valence-corrected chi connectivity index (χ2v) is 5.37. The molecular formula is C15H15NO2S. The fraction of sp³-hybridized carbons (Fsp3) is 0.200. The van der Waals surface area contributed by atoms with Crippen molar-refractivity contribution in [2.75, 3.05) is 7.11 Å². The Labute approximate surface area is 116 Å². The minimum Gasteiger partial charge on any atom is -0.465 e. The lowest BCUT2D eigenvalue weighted by atomic mass is 10.1. The minimum atomic E-state index is -0.344. The fourth-order valence-electron chi connectivity index (χ4n) is 1.83. The lowest BCUT2D eigenvalue weighted by Gasteiger charge is -1.99. The number of methoxy groups -OCH3 is 1. The third-order valence-corrected chi connectivity index (χ3v) is 3.52. The molecule has 0 saturated heterocycles. The molecule has 2 rings (SSSR count). The van der Waals surface area contributed by atoms with E-state index in [2.05, 4.69) is 41.8 Å². The molecule has 0 bridgehead atoms. The molecule has 0 atom stereocenters. The van der Waals surface area contributed by atoms with Crippen LogP contribution in [0.1, 0.15) is 31.4 Å². The molecule has 3 nitrogen and oxygen atoms in total. The number of aromatic nitrogens is 1. The molecule has 4 heteroatoms. The number of esters is 1. The number of thiazole rings is 1. The topological polar surface area (TPSA) is 39.2 Å². The lowest BCUT2D eigenvalue weighted by molar-refractivity contribution is 0.0606. The van der Waals surface area contributed by atoms with Crippen LogP contribution in [0.25, 0.3) is 12.2 Å². The van der Waals surface area contributed by atoms with Gasteiger partial charge in [0.05, 0.1) is 13.3 Å². The van der Waals surface area contributed by atoms with Crippen LogP contribution in [0.2, 0.25) is 0 Å². The summed E-state index contributed by atoms with van der Waals surface area (Å²) in [5.41, 5.74) is 3.59. The highest BCUT2D eigenvalue weighted by Crippen LogP contribution is 2.17. The second-order valence-electron chi connectivity index (χ2n) is 4.31. The summed E-state index contributed by atoms with van der Waals surface area (Å²) in [7, 11) is 1.37. The van der Waals surface area contributed by atoms with Crippen molar-refractivity contribution in [2.24, 2.45) is 0 Å². The Balaban J connectivity index is 2.18. The first-order valence-electron chi connectivity index (χ1n) is 5.89. The van der Waals surface area contributed by atoms with Gasteiger partial charge in [0.2, 0.25) is 0 Å². The third-order valence-electron chi connectivity index (χ3n) is 2.57. The smallest absolute Gasteiger partial charge is 0.349 e. The quantitative estimate of drug-likeness (QED) is 0.800. The van der Waals surface area contributed by atoms with Gasteiger partial charge in [0, 0.05) is 0 Å². The van der Waals surface area contributed by atoms with Gasteiger partial charge in [-0.25, -0.2) is 9.78 Å². The van der Waals surface area contributed by atoms with E-state index in [0.717, 1.165) is 10.6 Å². The number of aryl methyl sites for hydroxylation is 2. The van der Waals surface area contributed by atoms with E-state index in [1.165, 1.54) is 35.8 Å². The maximum absolute atomic E-state index is 11.3. The van der Waals surface area contributed by atoms with Crippen molar-refractivity contribution in [1.82, 2.24) is 4.98 Å². The lowest BCUT2D eigenvalue weighted by Crippen LogP contribution is -1.96. The first-order chi connectivity index (χ1) is 9.08. The van der Waals surface area contributed by atoms with Crippen LogP contribution >= 0.6 is 11.3 Å².